The Bertz CT molecular complexity index is 509. The highest BCUT2D eigenvalue weighted by atomic mass is 16.6. The number of rotatable bonds is 26. The molecule has 37 heavy (non-hydrogen) atoms. The van der Waals surface area contributed by atoms with Gasteiger partial charge in [-0.1, -0.05) is 144 Å². The van der Waals surface area contributed by atoms with E-state index in [0.717, 1.165) is 37.9 Å². The van der Waals surface area contributed by atoms with Crippen LogP contribution in [0.2, 0.25) is 0 Å². The van der Waals surface area contributed by atoms with Gasteiger partial charge in [-0.05, 0) is 37.5 Å². The van der Waals surface area contributed by atoms with E-state index in [-0.39, 0.29) is 23.4 Å². The van der Waals surface area contributed by atoms with Crippen molar-refractivity contribution in [2.45, 2.75) is 193 Å². The Morgan fingerprint density at radius 3 is 1.24 bits per heavy atom. The smallest absolute Gasteiger partial charge is 0.110 e. The van der Waals surface area contributed by atoms with Crippen LogP contribution in [0.5, 0.6) is 0 Å². The van der Waals surface area contributed by atoms with Crippen LogP contribution in [0.25, 0.3) is 0 Å². The molecule has 0 spiro atoms. The molecule has 3 heteroatoms. The zero-order chi connectivity index (χ0) is 27.0. The molecule has 6 atom stereocenters. The first-order chi connectivity index (χ1) is 18.0. The summed E-state index contributed by atoms with van der Waals surface area (Å²) < 4.78 is 20.2. The fourth-order valence-corrected chi connectivity index (χ4v) is 6.78. The molecule has 0 bridgehead atoms. The minimum atomic E-state index is -0.137. The van der Waals surface area contributed by atoms with Gasteiger partial charge in [0.2, 0.25) is 0 Å². The molecule has 0 aromatic rings. The molecule has 0 aromatic heterocycles. The van der Waals surface area contributed by atoms with Gasteiger partial charge in [0.15, 0.2) is 0 Å². The van der Waals surface area contributed by atoms with Crippen molar-refractivity contribution >= 4 is 0 Å². The lowest BCUT2D eigenvalue weighted by atomic mass is 9.76. The van der Waals surface area contributed by atoms with E-state index in [2.05, 4.69) is 41.5 Å². The van der Waals surface area contributed by atoms with E-state index < -0.39 is 0 Å². The fourth-order valence-electron chi connectivity index (χ4n) is 6.78. The van der Waals surface area contributed by atoms with Crippen molar-refractivity contribution in [3.8, 4) is 0 Å². The molecule has 0 radical (unpaired) electrons. The van der Waals surface area contributed by atoms with Crippen LogP contribution in [0, 0.1) is 11.8 Å². The average molecular weight is 523 g/mol. The van der Waals surface area contributed by atoms with E-state index in [4.69, 9.17) is 14.2 Å². The van der Waals surface area contributed by atoms with Gasteiger partial charge < -0.3 is 14.2 Å². The summed E-state index contributed by atoms with van der Waals surface area (Å²) in [5.41, 5.74) is -0.274. The molecule has 0 aliphatic carbocycles. The predicted octanol–water partition coefficient (Wildman–Crippen LogP) is 10.4. The second-order valence-electron chi connectivity index (χ2n) is 12.7. The van der Waals surface area contributed by atoms with Crippen molar-refractivity contribution in [3.05, 3.63) is 0 Å². The molecule has 220 valence electrons. The standard InChI is InChI=1S/C34H66O3/c1-7-13-17-19-23-33(31-27-35-31,25-29(11-5)21-15-9-3)37-34(32-28-36-32,24-20-18-14-8-2)26-30(12-6)22-16-10-4/h29-32H,7-28H2,1-6H3. The molecule has 3 nitrogen and oxygen atoms in total. The first kappa shape index (κ1) is 33.1. The molecule has 6 unspecified atom stereocenters. The molecule has 2 aliphatic rings. The Kier molecular flexibility index (Phi) is 16.3. The van der Waals surface area contributed by atoms with Crippen molar-refractivity contribution < 1.29 is 14.2 Å². The Balaban J connectivity index is 2.37. The number of hydrogen-bond acceptors (Lipinski definition) is 3. The van der Waals surface area contributed by atoms with E-state index in [9.17, 15) is 0 Å². The summed E-state index contributed by atoms with van der Waals surface area (Å²) in [6.45, 7) is 15.9. The summed E-state index contributed by atoms with van der Waals surface area (Å²) in [7, 11) is 0. The zero-order valence-corrected chi connectivity index (χ0v) is 26.1. The third-order valence-electron chi connectivity index (χ3n) is 9.51. The molecule has 2 fully saturated rings. The first-order valence-corrected chi connectivity index (χ1v) is 17.0. The molecule has 2 heterocycles. The lowest BCUT2D eigenvalue weighted by molar-refractivity contribution is -0.200. The second-order valence-corrected chi connectivity index (χ2v) is 12.7. The fraction of sp³-hybridized carbons (Fsp3) is 1.00. The Hall–Kier alpha value is -0.120. The minimum Gasteiger partial charge on any atom is -0.370 e. The summed E-state index contributed by atoms with van der Waals surface area (Å²) >= 11 is 0. The number of unbranched alkanes of at least 4 members (excludes halogenated alkanes) is 8. The molecular weight excluding hydrogens is 456 g/mol. The highest BCUT2D eigenvalue weighted by Crippen LogP contribution is 2.49. The Morgan fingerprint density at radius 2 is 0.946 bits per heavy atom. The third kappa shape index (κ3) is 11.5. The van der Waals surface area contributed by atoms with Crippen molar-refractivity contribution in [3.63, 3.8) is 0 Å². The van der Waals surface area contributed by atoms with Crippen LogP contribution in [0.3, 0.4) is 0 Å². The molecular formula is C34H66O3. The topological polar surface area (TPSA) is 34.3 Å². The van der Waals surface area contributed by atoms with Crippen molar-refractivity contribution in [2.24, 2.45) is 11.8 Å². The van der Waals surface area contributed by atoms with E-state index in [0.29, 0.717) is 0 Å². The molecule has 2 saturated heterocycles. The van der Waals surface area contributed by atoms with Gasteiger partial charge in [-0.3, -0.25) is 0 Å². The molecule has 2 aliphatic heterocycles. The molecule has 0 saturated carbocycles. The quantitative estimate of drug-likeness (QED) is 0.0836. The first-order valence-electron chi connectivity index (χ1n) is 17.0. The van der Waals surface area contributed by atoms with Crippen molar-refractivity contribution in [1.82, 2.24) is 0 Å². The van der Waals surface area contributed by atoms with Crippen LogP contribution in [0.15, 0.2) is 0 Å². The van der Waals surface area contributed by atoms with E-state index >= 15 is 0 Å². The maximum atomic E-state index is 7.81. The summed E-state index contributed by atoms with van der Waals surface area (Å²) in [5, 5.41) is 0. The summed E-state index contributed by atoms with van der Waals surface area (Å²) in [4.78, 5) is 0. The minimum absolute atomic E-state index is 0.137. The summed E-state index contributed by atoms with van der Waals surface area (Å²) in [6.07, 6.45) is 26.1. The Morgan fingerprint density at radius 1 is 0.568 bits per heavy atom. The van der Waals surface area contributed by atoms with Gasteiger partial charge in [0.25, 0.3) is 0 Å². The van der Waals surface area contributed by atoms with Gasteiger partial charge in [0.1, 0.15) is 12.2 Å². The average Bonchev–Trinajstić information content (AvgIpc) is 3.81. The van der Waals surface area contributed by atoms with Gasteiger partial charge in [0.05, 0.1) is 24.4 Å². The van der Waals surface area contributed by atoms with Crippen LogP contribution >= 0.6 is 0 Å². The monoisotopic (exact) mass is 523 g/mol. The largest absolute Gasteiger partial charge is 0.370 e. The lowest BCUT2D eigenvalue weighted by Gasteiger charge is -2.46. The zero-order valence-electron chi connectivity index (χ0n) is 26.1. The van der Waals surface area contributed by atoms with Crippen molar-refractivity contribution in [2.75, 3.05) is 13.2 Å². The molecule has 0 aromatic carbocycles. The lowest BCUT2D eigenvalue weighted by Crippen LogP contribution is -2.53. The summed E-state index contributed by atoms with van der Waals surface area (Å²) in [5.74, 6) is 1.46. The van der Waals surface area contributed by atoms with Crippen LogP contribution in [-0.4, -0.2) is 36.6 Å². The van der Waals surface area contributed by atoms with Crippen molar-refractivity contribution in [1.29, 1.82) is 0 Å². The predicted molar refractivity (Wildman–Crippen MR) is 159 cm³/mol. The van der Waals surface area contributed by atoms with E-state index in [1.54, 1.807) is 0 Å². The highest BCUT2D eigenvalue weighted by molar-refractivity contribution is 5.05. The maximum Gasteiger partial charge on any atom is 0.110 e. The van der Waals surface area contributed by atoms with Crippen LogP contribution in [-0.2, 0) is 14.2 Å². The maximum absolute atomic E-state index is 7.81. The number of epoxide rings is 2. The highest BCUT2D eigenvalue weighted by Gasteiger charge is 2.57. The SMILES string of the molecule is CCCCCCC(CC(CC)CCCC)(OC(CCCCCC)(CC(CC)CCCC)C1CO1)C1CO1. The van der Waals surface area contributed by atoms with Gasteiger partial charge in [-0.2, -0.15) is 0 Å². The Labute approximate surface area is 232 Å². The van der Waals surface area contributed by atoms with Crippen LogP contribution in [0.1, 0.15) is 170 Å². The third-order valence-corrected chi connectivity index (χ3v) is 9.51. The van der Waals surface area contributed by atoms with Crippen LogP contribution in [0.4, 0.5) is 0 Å². The second kappa shape index (κ2) is 18.3. The number of hydrogen-bond donors (Lipinski definition) is 0. The molecule has 2 rings (SSSR count). The summed E-state index contributed by atoms with van der Waals surface area (Å²) in [6, 6.07) is 0. The van der Waals surface area contributed by atoms with E-state index in [1.165, 1.54) is 116 Å². The van der Waals surface area contributed by atoms with Crippen LogP contribution < -0.4 is 0 Å². The molecule has 0 N–H and O–H groups in total. The molecule has 0 amide bonds. The number of ether oxygens (including phenoxy) is 3. The van der Waals surface area contributed by atoms with E-state index in [1.807, 2.05) is 0 Å². The van der Waals surface area contributed by atoms with Gasteiger partial charge in [0, 0.05) is 0 Å². The van der Waals surface area contributed by atoms with Gasteiger partial charge in [-0.25, -0.2) is 0 Å². The normalized spacial score (nSPS) is 23.8. The van der Waals surface area contributed by atoms with Gasteiger partial charge >= 0.3 is 0 Å². The van der Waals surface area contributed by atoms with Gasteiger partial charge in [-0.15, -0.1) is 0 Å².